The Morgan fingerprint density at radius 3 is 2.25 bits per heavy atom. The van der Waals surface area contributed by atoms with Crippen molar-refractivity contribution in [2.45, 2.75) is 13.0 Å². The number of carboxylic acids is 1. The van der Waals surface area contributed by atoms with Crippen molar-refractivity contribution in [3.05, 3.63) is 12.2 Å². The molecule has 0 amide bonds. The number of carboxylic acid groups (broad SMARTS) is 1. The summed E-state index contributed by atoms with van der Waals surface area (Å²) in [4.78, 5) is 9.96. The van der Waals surface area contributed by atoms with Crippen molar-refractivity contribution in [1.82, 2.24) is 0 Å². The minimum absolute atomic E-state index is 0.0463. The summed E-state index contributed by atoms with van der Waals surface area (Å²) >= 11 is 0. The molecule has 0 fully saturated rings. The Labute approximate surface area is 47.8 Å². The van der Waals surface area contributed by atoms with E-state index in [4.69, 9.17) is 10.8 Å². The Hall–Kier alpha value is -0.830. The van der Waals surface area contributed by atoms with Crippen LogP contribution in [0.1, 0.15) is 6.92 Å². The predicted molar refractivity (Wildman–Crippen MR) is 30.4 cm³/mol. The van der Waals surface area contributed by atoms with E-state index in [9.17, 15) is 4.79 Å². The van der Waals surface area contributed by atoms with Crippen LogP contribution in [0.2, 0.25) is 0 Å². The first-order valence-corrected chi connectivity index (χ1v) is 2.23. The summed E-state index contributed by atoms with van der Waals surface area (Å²) in [5.74, 6) is -1.03. The van der Waals surface area contributed by atoms with E-state index >= 15 is 0 Å². The number of nitrogens with two attached hydrogens (primary N) is 1. The molecule has 0 radical (unpaired) electrons. The van der Waals surface area contributed by atoms with E-state index in [2.05, 4.69) is 6.58 Å². The summed E-state index contributed by atoms with van der Waals surface area (Å²) in [5, 5.41) is 8.17. The second-order valence-corrected chi connectivity index (χ2v) is 1.62. The Morgan fingerprint density at radius 1 is 1.88 bits per heavy atom. The van der Waals surface area contributed by atoms with E-state index in [-0.39, 0.29) is 5.57 Å². The van der Waals surface area contributed by atoms with Crippen molar-refractivity contribution in [3.8, 4) is 0 Å². The van der Waals surface area contributed by atoms with Crippen LogP contribution in [0.25, 0.3) is 0 Å². The molecule has 3 nitrogen and oxygen atoms in total. The highest BCUT2D eigenvalue weighted by Crippen LogP contribution is 1.92. The van der Waals surface area contributed by atoms with Crippen LogP contribution in [0.4, 0.5) is 0 Å². The van der Waals surface area contributed by atoms with Crippen LogP contribution in [0, 0.1) is 0 Å². The van der Waals surface area contributed by atoms with Crippen LogP contribution in [0.3, 0.4) is 0 Å². The van der Waals surface area contributed by atoms with E-state index in [1.807, 2.05) is 0 Å². The maximum atomic E-state index is 9.96. The minimum Gasteiger partial charge on any atom is -0.478 e. The summed E-state index contributed by atoms with van der Waals surface area (Å²) in [5.41, 5.74) is 5.20. The second kappa shape index (κ2) is 2.47. The molecule has 3 heteroatoms. The lowest BCUT2D eigenvalue weighted by atomic mass is 10.2. The average molecular weight is 115 g/mol. The first kappa shape index (κ1) is 7.17. The first-order chi connectivity index (χ1) is 3.55. The Morgan fingerprint density at radius 2 is 2.25 bits per heavy atom. The molecule has 0 unspecified atom stereocenters. The molecule has 0 aliphatic heterocycles. The fourth-order valence-electron chi connectivity index (χ4n) is 0.195. The SMILES string of the molecule is C=C(C(=O)O)[C@@H](C)N. The summed E-state index contributed by atoms with van der Waals surface area (Å²) in [6, 6.07) is -0.451. The van der Waals surface area contributed by atoms with Gasteiger partial charge in [-0.2, -0.15) is 0 Å². The van der Waals surface area contributed by atoms with Gasteiger partial charge in [0.15, 0.2) is 0 Å². The molecule has 0 aliphatic carbocycles. The van der Waals surface area contributed by atoms with Crippen molar-refractivity contribution in [1.29, 1.82) is 0 Å². The largest absolute Gasteiger partial charge is 0.478 e. The molecule has 0 saturated carbocycles. The minimum atomic E-state index is -1.03. The van der Waals surface area contributed by atoms with E-state index in [0.29, 0.717) is 0 Å². The van der Waals surface area contributed by atoms with Gasteiger partial charge in [0.2, 0.25) is 0 Å². The van der Waals surface area contributed by atoms with Gasteiger partial charge in [-0.05, 0) is 6.92 Å². The van der Waals surface area contributed by atoms with Gasteiger partial charge < -0.3 is 10.8 Å². The second-order valence-electron chi connectivity index (χ2n) is 1.62. The molecule has 0 rings (SSSR count). The Balaban J connectivity index is 3.84. The summed E-state index contributed by atoms with van der Waals surface area (Å²) < 4.78 is 0. The highest BCUT2D eigenvalue weighted by Gasteiger charge is 2.06. The summed E-state index contributed by atoms with van der Waals surface area (Å²) in [7, 11) is 0. The van der Waals surface area contributed by atoms with Crippen molar-refractivity contribution in [2.75, 3.05) is 0 Å². The van der Waals surface area contributed by atoms with Gasteiger partial charge in [0, 0.05) is 11.6 Å². The average Bonchev–Trinajstić information content (AvgIpc) is 1.64. The van der Waals surface area contributed by atoms with Gasteiger partial charge >= 0.3 is 5.97 Å². The topological polar surface area (TPSA) is 63.3 Å². The van der Waals surface area contributed by atoms with Crippen molar-refractivity contribution in [3.63, 3.8) is 0 Å². The maximum absolute atomic E-state index is 9.96. The van der Waals surface area contributed by atoms with E-state index in [1.165, 1.54) is 0 Å². The quantitative estimate of drug-likeness (QED) is 0.497. The van der Waals surface area contributed by atoms with Crippen molar-refractivity contribution >= 4 is 5.97 Å². The molecule has 0 aromatic heterocycles. The van der Waals surface area contributed by atoms with Crippen LogP contribution in [-0.4, -0.2) is 17.1 Å². The van der Waals surface area contributed by atoms with Gasteiger partial charge in [-0.25, -0.2) is 4.79 Å². The zero-order chi connectivity index (χ0) is 6.73. The molecular weight excluding hydrogens is 106 g/mol. The van der Waals surface area contributed by atoms with Gasteiger partial charge in [-0.15, -0.1) is 0 Å². The van der Waals surface area contributed by atoms with Crippen molar-refractivity contribution in [2.24, 2.45) is 5.73 Å². The number of aliphatic carboxylic acids is 1. The molecular formula is C5H9NO2. The molecule has 0 aliphatic rings. The van der Waals surface area contributed by atoms with E-state index < -0.39 is 12.0 Å². The number of rotatable bonds is 2. The van der Waals surface area contributed by atoms with Crippen LogP contribution in [-0.2, 0) is 4.79 Å². The van der Waals surface area contributed by atoms with Gasteiger partial charge in [-0.3, -0.25) is 0 Å². The zero-order valence-corrected chi connectivity index (χ0v) is 4.72. The van der Waals surface area contributed by atoms with E-state index in [1.54, 1.807) is 6.92 Å². The lowest BCUT2D eigenvalue weighted by Gasteiger charge is -2.00. The number of hydrogen-bond acceptors (Lipinski definition) is 2. The third kappa shape index (κ3) is 1.75. The van der Waals surface area contributed by atoms with Crippen LogP contribution in [0.5, 0.6) is 0 Å². The molecule has 3 N–H and O–H groups in total. The van der Waals surface area contributed by atoms with Gasteiger partial charge in [-0.1, -0.05) is 6.58 Å². The predicted octanol–water partition coefficient (Wildman–Crippen LogP) is -0.0256. The van der Waals surface area contributed by atoms with Crippen LogP contribution >= 0.6 is 0 Å². The molecule has 0 aromatic rings. The molecule has 46 valence electrons. The molecule has 0 heterocycles. The fourth-order valence-corrected chi connectivity index (χ4v) is 0.195. The molecule has 1 atom stereocenters. The third-order valence-electron chi connectivity index (χ3n) is 0.824. The first-order valence-electron chi connectivity index (χ1n) is 2.23. The van der Waals surface area contributed by atoms with Gasteiger partial charge in [0.1, 0.15) is 0 Å². The van der Waals surface area contributed by atoms with Crippen molar-refractivity contribution < 1.29 is 9.90 Å². The Bertz CT molecular complexity index is 118. The number of hydrogen-bond donors (Lipinski definition) is 2. The third-order valence-corrected chi connectivity index (χ3v) is 0.824. The zero-order valence-electron chi connectivity index (χ0n) is 4.72. The van der Waals surface area contributed by atoms with Gasteiger partial charge in [0.05, 0.1) is 0 Å². The van der Waals surface area contributed by atoms with Gasteiger partial charge in [0.25, 0.3) is 0 Å². The summed E-state index contributed by atoms with van der Waals surface area (Å²) in [6.07, 6.45) is 0. The normalized spacial score (nSPS) is 12.8. The molecule has 0 bridgehead atoms. The summed E-state index contributed by atoms with van der Waals surface area (Å²) in [6.45, 7) is 4.81. The monoisotopic (exact) mass is 115 g/mol. The molecule has 0 aromatic carbocycles. The van der Waals surface area contributed by atoms with E-state index in [0.717, 1.165) is 0 Å². The highest BCUT2D eigenvalue weighted by atomic mass is 16.4. The van der Waals surface area contributed by atoms with Crippen LogP contribution < -0.4 is 5.73 Å². The molecule has 0 spiro atoms. The molecule has 8 heavy (non-hydrogen) atoms. The smallest absolute Gasteiger partial charge is 0.332 e. The lowest BCUT2D eigenvalue weighted by molar-refractivity contribution is -0.132. The highest BCUT2D eigenvalue weighted by molar-refractivity contribution is 5.86. The fraction of sp³-hybridized carbons (Fsp3) is 0.400. The Kier molecular flexibility index (Phi) is 2.21. The maximum Gasteiger partial charge on any atom is 0.332 e. The van der Waals surface area contributed by atoms with Crippen LogP contribution in [0.15, 0.2) is 12.2 Å². The lowest BCUT2D eigenvalue weighted by Crippen LogP contribution is -2.22. The standard InChI is InChI=1S/C5H9NO2/c1-3(4(2)6)5(7)8/h4H,1,6H2,2H3,(H,7,8)/t4-/m1/s1. The molecule has 0 saturated heterocycles. The number of carbonyl (C=O) groups is 1.